The number of carboxylic acid groups (broad SMARTS) is 1. The molecule has 16 heavy (non-hydrogen) atoms. The Morgan fingerprint density at radius 2 is 2.12 bits per heavy atom. The van der Waals surface area contributed by atoms with Gasteiger partial charge in [0, 0.05) is 6.04 Å². The molecule has 0 aromatic carbocycles. The maximum atomic E-state index is 10.9. The van der Waals surface area contributed by atoms with Gasteiger partial charge in [0.2, 0.25) is 0 Å². The van der Waals surface area contributed by atoms with Gasteiger partial charge in [-0.25, -0.2) is 0 Å². The van der Waals surface area contributed by atoms with Crippen LogP contribution < -0.4 is 5.32 Å². The number of carboxylic acids is 1. The molecular weight excluding hydrogens is 202 g/mol. The number of carbonyl (C=O) groups is 1. The van der Waals surface area contributed by atoms with Crippen molar-refractivity contribution in [1.82, 2.24) is 5.32 Å². The monoisotopic (exact) mass is 225 g/mol. The molecule has 4 unspecified atom stereocenters. The van der Waals surface area contributed by atoms with Crippen LogP contribution in [0.2, 0.25) is 0 Å². The van der Waals surface area contributed by atoms with Gasteiger partial charge < -0.3 is 10.4 Å². The molecule has 0 bridgehead atoms. The molecule has 3 nitrogen and oxygen atoms in total. The summed E-state index contributed by atoms with van der Waals surface area (Å²) in [6, 6.07) is 0.183. The summed E-state index contributed by atoms with van der Waals surface area (Å²) in [5, 5.41) is 12.3. The van der Waals surface area contributed by atoms with E-state index < -0.39 is 5.97 Å². The van der Waals surface area contributed by atoms with Gasteiger partial charge in [0.25, 0.3) is 0 Å². The molecule has 3 heteroatoms. The first kappa shape index (κ1) is 11.9. The highest BCUT2D eigenvalue weighted by molar-refractivity contribution is 5.73. The van der Waals surface area contributed by atoms with E-state index in [0.717, 1.165) is 24.7 Å². The average molecular weight is 225 g/mol. The molecule has 2 aliphatic rings. The summed E-state index contributed by atoms with van der Waals surface area (Å²) in [6.45, 7) is 2.27. The first-order chi connectivity index (χ1) is 7.70. The van der Waals surface area contributed by atoms with Crippen LogP contribution in [0.1, 0.15) is 51.9 Å². The highest BCUT2D eigenvalue weighted by Crippen LogP contribution is 2.35. The Labute approximate surface area is 97.6 Å². The third-order valence-electron chi connectivity index (χ3n) is 4.45. The lowest BCUT2D eigenvalue weighted by molar-refractivity contribution is -0.139. The Morgan fingerprint density at radius 1 is 1.31 bits per heavy atom. The lowest BCUT2D eigenvalue weighted by Crippen LogP contribution is -2.40. The maximum Gasteiger partial charge on any atom is 0.320 e. The van der Waals surface area contributed by atoms with Gasteiger partial charge in [0.1, 0.15) is 6.04 Å². The van der Waals surface area contributed by atoms with E-state index in [9.17, 15) is 4.79 Å². The molecule has 0 aromatic heterocycles. The van der Waals surface area contributed by atoms with Crippen LogP contribution in [-0.2, 0) is 4.79 Å². The summed E-state index contributed by atoms with van der Waals surface area (Å²) in [5.41, 5.74) is 0. The zero-order valence-electron chi connectivity index (χ0n) is 10.1. The topological polar surface area (TPSA) is 49.3 Å². The van der Waals surface area contributed by atoms with Gasteiger partial charge in [-0.3, -0.25) is 4.79 Å². The van der Waals surface area contributed by atoms with E-state index in [0.29, 0.717) is 6.04 Å². The maximum absolute atomic E-state index is 10.9. The van der Waals surface area contributed by atoms with E-state index in [1.165, 1.54) is 32.1 Å². The number of rotatable bonds is 3. The Kier molecular flexibility index (Phi) is 3.85. The van der Waals surface area contributed by atoms with E-state index in [1.807, 2.05) is 0 Å². The quantitative estimate of drug-likeness (QED) is 0.775. The van der Waals surface area contributed by atoms with Crippen LogP contribution in [0, 0.1) is 11.8 Å². The number of aliphatic carboxylic acids is 1. The van der Waals surface area contributed by atoms with Gasteiger partial charge >= 0.3 is 5.97 Å². The van der Waals surface area contributed by atoms with Crippen molar-refractivity contribution in [2.45, 2.75) is 64.0 Å². The Bertz CT molecular complexity index is 254. The molecule has 1 heterocycles. The Hall–Kier alpha value is -0.570. The summed E-state index contributed by atoms with van der Waals surface area (Å²) < 4.78 is 0. The van der Waals surface area contributed by atoms with Crippen molar-refractivity contribution < 1.29 is 9.90 Å². The zero-order chi connectivity index (χ0) is 11.5. The van der Waals surface area contributed by atoms with Crippen LogP contribution >= 0.6 is 0 Å². The van der Waals surface area contributed by atoms with Crippen LogP contribution in [0.25, 0.3) is 0 Å². The van der Waals surface area contributed by atoms with Crippen molar-refractivity contribution >= 4 is 5.97 Å². The van der Waals surface area contributed by atoms with Gasteiger partial charge in [0.15, 0.2) is 0 Å². The van der Waals surface area contributed by atoms with E-state index in [-0.39, 0.29) is 6.04 Å². The molecule has 0 amide bonds. The van der Waals surface area contributed by atoms with Crippen LogP contribution in [0.4, 0.5) is 0 Å². The molecule has 2 N–H and O–H groups in total. The van der Waals surface area contributed by atoms with Gasteiger partial charge in [-0.15, -0.1) is 0 Å². The summed E-state index contributed by atoms with van der Waals surface area (Å²) >= 11 is 0. The molecule has 0 aromatic rings. The molecule has 1 saturated carbocycles. The lowest BCUT2D eigenvalue weighted by Gasteiger charge is -2.32. The van der Waals surface area contributed by atoms with E-state index in [1.54, 1.807) is 0 Å². The molecule has 1 saturated heterocycles. The van der Waals surface area contributed by atoms with Crippen molar-refractivity contribution in [1.29, 1.82) is 0 Å². The SMILES string of the molecule is CCC1CCCC(C2CCC(C(=O)O)N2)C1. The molecule has 4 atom stereocenters. The minimum absolute atomic E-state index is 0.285. The third kappa shape index (κ3) is 2.57. The number of hydrogen-bond acceptors (Lipinski definition) is 2. The Morgan fingerprint density at radius 3 is 2.75 bits per heavy atom. The normalized spacial score (nSPS) is 39.8. The van der Waals surface area contributed by atoms with Gasteiger partial charge in [-0.2, -0.15) is 0 Å². The summed E-state index contributed by atoms with van der Waals surface area (Å²) in [7, 11) is 0. The van der Waals surface area contributed by atoms with Gasteiger partial charge in [0.05, 0.1) is 0 Å². The van der Waals surface area contributed by atoms with Gasteiger partial charge in [-0.05, 0) is 37.5 Å². The molecule has 0 radical (unpaired) electrons. The fraction of sp³-hybridized carbons (Fsp3) is 0.923. The predicted octanol–water partition coefficient (Wildman–Crippen LogP) is 2.41. The smallest absolute Gasteiger partial charge is 0.320 e. The molecule has 1 aliphatic heterocycles. The Balaban J connectivity index is 1.86. The first-order valence-electron chi connectivity index (χ1n) is 6.69. The fourth-order valence-electron chi connectivity index (χ4n) is 3.41. The van der Waals surface area contributed by atoms with E-state index >= 15 is 0 Å². The highest BCUT2D eigenvalue weighted by atomic mass is 16.4. The van der Waals surface area contributed by atoms with Crippen molar-refractivity contribution in [3.63, 3.8) is 0 Å². The van der Waals surface area contributed by atoms with Crippen molar-refractivity contribution in [2.75, 3.05) is 0 Å². The average Bonchev–Trinajstić information content (AvgIpc) is 2.78. The standard InChI is InChI=1S/C13H23NO2/c1-2-9-4-3-5-10(8-9)11-6-7-12(14-11)13(15)16/h9-12,14H,2-8H2,1H3,(H,15,16). The van der Waals surface area contributed by atoms with Crippen LogP contribution in [0.3, 0.4) is 0 Å². The molecule has 2 rings (SSSR count). The highest BCUT2D eigenvalue weighted by Gasteiger charge is 2.35. The van der Waals surface area contributed by atoms with E-state index in [4.69, 9.17) is 5.11 Å². The van der Waals surface area contributed by atoms with Crippen molar-refractivity contribution in [3.05, 3.63) is 0 Å². The van der Waals surface area contributed by atoms with E-state index in [2.05, 4.69) is 12.2 Å². The largest absolute Gasteiger partial charge is 0.480 e. The third-order valence-corrected chi connectivity index (χ3v) is 4.45. The van der Waals surface area contributed by atoms with Crippen LogP contribution in [-0.4, -0.2) is 23.2 Å². The first-order valence-corrected chi connectivity index (χ1v) is 6.69. The molecule has 92 valence electrons. The van der Waals surface area contributed by atoms with Crippen molar-refractivity contribution in [3.8, 4) is 0 Å². The molecule has 2 fully saturated rings. The zero-order valence-corrected chi connectivity index (χ0v) is 10.1. The minimum atomic E-state index is -0.676. The number of hydrogen-bond donors (Lipinski definition) is 2. The minimum Gasteiger partial charge on any atom is -0.480 e. The molecule has 0 spiro atoms. The van der Waals surface area contributed by atoms with Crippen molar-refractivity contribution in [2.24, 2.45) is 11.8 Å². The second-order valence-electron chi connectivity index (χ2n) is 5.44. The fourth-order valence-corrected chi connectivity index (χ4v) is 3.41. The molecular formula is C13H23NO2. The van der Waals surface area contributed by atoms with Gasteiger partial charge in [-0.1, -0.05) is 26.2 Å². The summed E-state index contributed by atoms with van der Waals surface area (Å²) in [5.74, 6) is 0.929. The summed E-state index contributed by atoms with van der Waals surface area (Å²) in [6.07, 6.45) is 8.46. The summed E-state index contributed by atoms with van der Waals surface area (Å²) in [4.78, 5) is 10.9. The lowest BCUT2D eigenvalue weighted by atomic mass is 9.76. The second-order valence-corrected chi connectivity index (χ2v) is 5.44. The second kappa shape index (κ2) is 5.17. The number of nitrogens with one attached hydrogen (secondary N) is 1. The molecule has 1 aliphatic carbocycles. The predicted molar refractivity (Wildman–Crippen MR) is 63.3 cm³/mol. The van der Waals surface area contributed by atoms with Crippen LogP contribution in [0.15, 0.2) is 0 Å². The van der Waals surface area contributed by atoms with Crippen LogP contribution in [0.5, 0.6) is 0 Å².